The number of rotatable bonds is 2. The summed E-state index contributed by atoms with van der Waals surface area (Å²) in [5, 5.41) is 0.613. The molecular weight excluding hydrogens is 322 g/mol. The first-order chi connectivity index (χ1) is 9.19. The SMILES string of the molecule is Cl.Fc1ccc(-c2nc3ccc(Cl)cn3c2CCl)cc1. The molecule has 2 aromatic heterocycles. The van der Waals surface area contributed by atoms with Crippen molar-refractivity contribution in [3.05, 3.63) is 59.1 Å². The standard InChI is InChI=1S/C14H9Cl2FN2.ClH/c15-7-12-14(9-1-4-11(17)5-2-9)18-13-6-3-10(16)8-19(12)13;/h1-6,8H,7H2;1H. The molecular formula is C14H10Cl3FN2. The fourth-order valence-electron chi connectivity index (χ4n) is 2.03. The molecule has 0 saturated carbocycles. The molecule has 0 amide bonds. The van der Waals surface area contributed by atoms with Gasteiger partial charge in [0.1, 0.15) is 11.5 Å². The van der Waals surface area contributed by atoms with E-state index in [2.05, 4.69) is 4.98 Å². The number of alkyl halides is 1. The average molecular weight is 332 g/mol. The second-order valence-corrected chi connectivity index (χ2v) is 4.83. The minimum atomic E-state index is -0.275. The minimum Gasteiger partial charge on any atom is -0.301 e. The van der Waals surface area contributed by atoms with Crippen molar-refractivity contribution in [3.63, 3.8) is 0 Å². The van der Waals surface area contributed by atoms with Gasteiger partial charge in [0.25, 0.3) is 0 Å². The van der Waals surface area contributed by atoms with Gasteiger partial charge in [-0.25, -0.2) is 9.37 Å². The molecule has 3 rings (SSSR count). The van der Waals surface area contributed by atoms with E-state index in [0.29, 0.717) is 10.9 Å². The first kappa shape index (κ1) is 15.1. The summed E-state index contributed by atoms with van der Waals surface area (Å²) in [6.07, 6.45) is 1.77. The summed E-state index contributed by atoms with van der Waals surface area (Å²) in [6.45, 7) is 0. The van der Waals surface area contributed by atoms with Gasteiger partial charge in [-0.15, -0.1) is 24.0 Å². The molecule has 0 bridgehead atoms. The molecule has 0 aliphatic rings. The van der Waals surface area contributed by atoms with Crippen LogP contribution < -0.4 is 0 Å². The van der Waals surface area contributed by atoms with Crippen LogP contribution in [0.4, 0.5) is 4.39 Å². The highest BCUT2D eigenvalue weighted by atomic mass is 35.5. The zero-order valence-electron chi connectivity index (χ0n) is 10.2. The van der Waals surface area contributed by atoms with Crippen LogP contribution in [-0.4, -0.2) is 9.38 Å². The van der Waals surface area contributed by atoms with Crippen molar-refractivity contribution < 1.29 is 4.39 Å². The highest BCUT2D eigenvalue weighted by molar-refractivity contribution is 6.30. The Labute approximate surface area is 131 Å². The molecule has 104 valence electrons. The van der Waals surface area contributed by atoms with Crippen molar-refractivity contribution in [2.24, 2.45) is 0 Å². The fraction of sp³-hybridized carbons (Fsp3) is 0.0714. The molecule has 0 saturated heterocycles. The summed E-state index contributed by atoms with van der Waals surface area (Å²) in [6, 6.07) is 9.79. The molecule has 0 fully saturated rings. The van der Waals surface area contributed by atoms with E-state index in [1.165, 1.54) is 12.1 Å². The Balaban J connectivity index is 0.00000147. The number of hydrogen-bond acceptors (Lipinski definition) is 1. The lowest BCUT2D eigenvalue weighted by molar-refractivity contribution is 0.628. The van der Waals surface area contributed by atoms with Crippen molar-refractivity contribution in [3.8, 4) is 11.3 Å². The van der Waals surface area contributed by atoms with E-state index in [1.807, 2.05) is 10.5 Å². The molecule has 0 radical (unpaired) electrons. The Hall–Kier alpha value is -1.29. The summed E-state index contributed by atoms with van der Waals surface area (Å²) in [5.41, 5.74) is 3.18. The minimum absolute atomic E-state index is 0. The number of aromatic nitrogens is 2. The van der Waals surface area contributed by atoms with Crippen LogP contribution in [0.25, 0.3) is 16.9 Å². The largest absolute Gasteiger partial charge is 0.301 e. The molecule has 0 aliphatic heterocycles. The van der Waals surface area contributed by atoms with Gasteiger partial charge in [-0.05, 0) is 36.4 Å². The number of benzene rings is 1. The topological polar surface area (TPSA) is 17.3 Å². The zero-order valence-corrected chi connectivity index (χ0v) is 12.5. The van der Waals surface area contributed by atoms with Gasteiger partial charge in [-0.2, -0.15) is 0 Å². The Morgan fingerprint density at radius 2 is 1.80 bits per heavy atom. The van der Waals surface area contributed by atoms with Gasteiger partial charge in [0.2, 0.25) is 0 Å². The van der Waals surface area contributed by atoms with Gasteiger partial charge in [0.15, 0.2) is 0 Å². The van der Waals surface area contributed by atoms with E-state index < -0.39 is 0 Å². The molecule has 0 atom stereocenters. The smallest absolute Gasteiger partial charge is 0.137 e. The van der Waals surface area contributed by atoms with Crippen LogP contribution in [-0.2, 0) is 5.88 Å². The van der Waals surface area contributed by atoms with Crippen molar-refractivity contribution in [2.45, 2.75) is 5.88 Å². The molecule has 2 heterocycles. The third-order valence-electron chi connectivity index (χ3n) is 2.93. The molecule has 2 nitrogen and oxygen atoms in total. The van der Waals surface area contributed by atoms with Gasteiger partial charge in [0, 0.05) is 11.8 Å². The van der Waals surface area contributed by atoms with Gasteiger partial charge >= 0.3 is 0 Å². The van der Waals surface area contributed by atoms with E-state index in [9.17, 15) is 4.39 Å². The summed E-state index contributed by atoms with van der Waals surface area (Å²) in [7, 11) is 0. The molecule has 3 aromatic rings. The summed E-state index contributed by atoms with van der Waals surface area (Å²) < 4.78 is 14.8. The number of pyridine rings is 1. The second kappa shape index (κ2) is 6.00. The molecule has 0 aliphatic carbocycles. The third kappa shape index (κ3) is 2.62. The van der Waals surface area contributed by atoms with Gasteiger partial charge in [-0.1, -0.05) is 11.6 Å². The van der Waals surface area contributed by atoms with Crippen LogP contribution in [0.15, 0.2) is 42.6 Å². The van der Waals surface area contributed by atoms with Crippen LogP contribution >= 0.6 is 35.6 Å². The molecule has 6 heteroatoms. The van der Waals surface area contributed by atoms with E-state index in [1.54, 1.807) is 24.4 Å². The lowest BCUT2D eigenvalue weighted by atomic mass is 10.1. The van der Waals surface area contributed by atoms with Crippen LogP contribution in [0.3, 0.4) is 0 Å². The number of halogens is 4. The quantitative estimate of drug-likeness (QED) is 0.607. The van der Waals surface area contributed by atoms with Crippen LogP contribution in [0.5, 0.6) is 0 Å². The molecule has 1 aromatic carbocycles. The lowest BCUT2D eigenvalue weighted by Gasteiger charge is -2.01. The maximum atomic E-state index is 13.0. The maximum Gasteiger partial charge on any atom is 0.137 e. The van der Waals surface area contributed by atoms with E-state index >= 15 is 0 Å². The van der Waals surface area contributed by atoms with E-state index in [-0.39, 0.29) is 18.2 Å². The van der Waals surface area contributed by atoms with Gasteiger partial charge in [0.05, 0.1) is 22.3 Å². The van der Waals surface area contributed by atoms with Crippen LogP contribution in [0, 0.1) is 5.82 Å². The van der Waals surface area contributed by atoms with Crippen molar-refractivity contribution in [1.29, 1.82) is 0 Å². The third-order valence-corrected chi connectivity index (χ3v) is 3.40. The van der Waals surface area contributed by atoms with E-state index in [0.717, 1.165) is 22.6 Å². The monoisotopic (exact) mass is 330 g/mol. The maximum absolute atomic E-state index is 13.0. The Bertz CT molecular complexity index is 738. The Kier molecular flexibility index (Phi) is 4.53. The Morgan fingerprint density at radius 1 is 1.10 bits per heavy atom. The number of hydrogen-bond donors (Lipinski definition) is 0. The number of nitrogens with zero attached hydrogens (tertiary/aromatic N) is 2. The highest BCUT2D eigenvalue weighted by Crippen LogP contribution is 2.27. The first-order valence-corrected chi connectivity index (χ1v) is 6.58. The number of fused-ring (bicyclic) bond motifs is 1. The fourth-order valence-corrected chi connectivity index (χ4v) is 2.45. The first-order valence-electron chi connectivity index (χ1n) is 5.67. The molecule has 20 heavy (non-hydrogen) atoms. The lowest BCUT2D eigenvalue weighted by Crippen LogP contribution is -1.91. The van der Waals surface area contributed by atoms with Crippen LogP contribution in [0.1, 0.15) is 5.69 Å². The molecule has 0 unspecified atom stereocenters. The van der Waals surface area contributed by atoms with Crippen molar-refractivity contribution in [1.82, 2.24) is 9.38 Å². The van der Waals surface area contributed by atoms with Crippen LogP contribution in [0.2, 0.25) is 5.02 Å². The highest BCUT2D eigenvalue weighted by Gasteiger charge is 2.13. The summed E-state index contributed by atoms with van der Waals surface area (Å²) in [4.78, 5) is 4.52. The predicted molar refractivity (Wildman–Crippen MR) is 82.4 cm³/mol. The van der Waals surface area contributed by atoms with Gasteiger partial charge < -0.3 is 4.40 Å². The molecule has 0 N–H and O–H groups in total. The zero-order chi connectivity index (χ0) is 13.4. The van der Waals surface area contributed by atoms with Crippen molar-refractivity contribution >= 4 is 41.3 Å². The second-order valence-electron chi connectivity index (χ2n) is 4.12. The number of imidazole rings is 1. The average Bonchev–Trinajstić information content (AvgIpc) is 2.77. The Morgan fingerprint density at radius 3 is 2.45 bits per heavy atom. The summed E-state index contributed by atoms with van der Waals surface area (Å²) >= 11 is 12.0. The summed E-state index contributed by atoms with van der Waals surface area (Å²) in [5.74, 6) is 0.0248. The van der Waals surface area contributed by atoms with Gasteiger partial charge in [-0.3, -0.25) is 0 Å². The van der Waals surface area contributed by atoms with E-state index in [4.69, 9.17) is 23.2 Å². The molecule has 0 spiro atoms. The normalized spacial score (nSPS) is 10.6. The predicted octanol–water partition coefficient (Wildman–Crippen LogP) is 4.95. The van der Waals surface area contributed by atoms with Crippen molar-refractivity contribution in [2.75, 3.05) is 0 Å².